The standard InChI is InChI=1S/C12H24N4/c1-6-7-8-15(4)9-11-10(2)14-16(5)12(11)13-3/h13H,6-9H2,1-5H3. The van der Waals surface area contributed by atoms with E-state index in [1.54, 1.807) is 0 Å². The van der Waals surface area contributed by atoms with E-state index >= 15 is 0 Å². The molecule has 4 heteroatoms. The first-order valence-corrected chi connectivity index (χ1v) is 5.98. The van der Waals surface area contributed by atoms with Crippen LogP contribution in [0.5, 0.6) is 0 Å². The highest BCUT2D eigenvalue weighted by molar-refractivity contribution is 5.46. The lowest BCUT2D eigenvalue weighted by molar-refractivity contribution is 0.320. The zero-order valence-corrected chi connectivity index (χ0v) is 11.2. The highest BCUT2D eigenvalue weighted by atomic mass is 15.3. The van der Waals surface area contributed by atoms with Crippen LogP contribution < -0.4 is 5.32 Å². The van der Waals surface area contributed by atoms with Crippen molar-refractivity contribution in [1.29, 1.82) is 0 Å². The Labute approximate surface area is 98.6 Å². The van der Waals surface area contributed by atoms with Gasteiger partial charge in [-0.1, -0.05) is 13.3 Å². The average molecular weight is 224 g/mol. The maximum Gasteiger partial charge on any atom is 0.128 e. The van der Waals surface area contributed by atoms with Crippen LogP contribution in [0.15, 0.2) is 0 Å². The van der Waals surface area contributed by atoms with Crippen LogP contribution >= 0.6 is 0 Å². The number of rotatable bonds is 6. The number of nitrogens with one attached hydrogen (secondary N) is 1. The number of aromatic nitrogens is 2. The molecule has 16 heavy (non-hydrogen) atoms. The van der Waals surface area contributed by atoms with Crippen LogP contribution in [0.4, 0.5) is 5.82 Å². The molecule has 0 bridgehead atoms. The molecule has 0 amide bonds. The summed E-state index contributed by atoms with van der Waals surface area (Å²) in [6.07, 6.45) is 2.50. The minimum absolute atomic E-state index is 0.968. The summed E-state index contributed by atoms with van der Waals surface area (Å²) in [5.41, 5.74) is 2.43. The summed E-state index contributed by atoms with van der Waals surface area (Å²) < 4.78 is 1.92. The van der Waals surface area contributed by atoms with Crippen molar-refractivity contribution in [3.8, 4) is 0 Å². The molecule has 4 nitrogen and oxygen atoms in total. The zero-order chi connectivity index (χ0) is 12.1. The third-order valence-electron chi connectivity index (χ3n) is 2.90. The van der Waals surface area contributed by atoms with Gasteiger partial charge in [0, 0.05) is 26.2 Å². The number of hydrogen-bond donors (Lipinski definition) is 1. The summed E-state index contributed by atoms with van der Waals surface area (Å²) in [6.45, 7) is 6.41. The molecule has 1 rings (SSSR count). The van der Waals surface area contributed by atoms with Gasteiger partial charge in [0.2, 0.25) is 0 Å². The predicted octanol–water partition coefficient (Wildman–Crippen LogP) is 2.00. The molecule has 0 aliphatic heterocycles. The Morgan fingerprint density at radius 2 is 2.12 bits per heavy atom. The molecule has 1 aromatic heterocycles. The second-order valence-corrected chi connectivity index (χ2v) is 4.38. The van der Waals surface area contributed by atoms with Gasteiger partial charge in [0.05, 0.1) is 5.69 Å². The Bertz CT molecular complexity index is 330. The molecule has 0 aliphatic carbocycles. The Hall–Kier alpha value is -1.03. The Morgan fingerprint density at radius 1 is 1.44 bits per heavy atom. The summed E-state index contributed by atoms with van der Waals surface area (Å²) in [5.74, 6) is 1.13. The van der Waals surface area contributed by atoms with Crippen molar-refractivity contribution < 1.29 is 0 Å². The maximum atomic E-state index is 4.44. The summed E-state index contributed by atoms with van der Waals surface area (Å²) >= 11 is 0. The number of anilines is 1. The topological polar surface area (TPSA) is 33.1 Å². The van der Waals surface area contributed by atoms with Crippen molar-refractivity contribution in [2.75, 3.05) is 26.0 Å². The van der Waals surface area contributed by atoms with E-state index in [1.165, 1.54) is 18.4 Å². The normalized spacial score (nSPS) is 11.1. The molecule has 1 aromatic rings. The minimum atomic E-state index is 0.968. The molecule has 1 N–H and O–H groups in total. The van der Waals surface area contributed by atoms with Gasteiger partial charge in [0.15, 0.2) is 0 Å². The fourth-order valence-corrected chi connectivity index (χ4v) is 1.98. The van der Waals surface area contributed by atoms with Crippen LogP contribution in [0, 0.1) is 6.92 Å². The molecule has 1 heterocycles. The third kappa shape index (κ3) is 2.98. The fourth-order valence-electron chi connectivity index (χ4n) is 1.98. The van der Waals surface area contributed by atoms with Gasteiger partial charge in [-0.25, -0.2) is 0 Å². The second kappa shape index (κ2) is 5.89. The number of unbranched alkanes of at least 4 members (excludes halogenated alkanes) is 1. The van der Waals surface area contributed by atoms with E-state index in [9.17, 15) is 0 Å². The lowest BCUT2D eigenvalue weighted by Gasteiger charge is -2.16. The van der Waals surface area contributed by atoms with Crippen molar-refractivity contribution in [2.24, 2.45) is 7.05 Å². The zero-order valence-electron chi connectivity index (χ0n) is 11.2. The monoisotopic (exact) mass is 224 g/mol. The molecule has 0 atom stereocenters. The van der Waals surface area contributed by atoms with Crippen molar-refractivity contribution in [2.45, 2.75) is 33.2 Å². The Morgan fingerprint density at radius 3 is 2.69 bits per heavy atom. The van der Waals surface area contributed by atoms with E-state index in [1.807, 2.05) is 18.8 Å². The van der Waals surface area contributed by atoms with Gasteiger partial charge in [0.25, 0.3) is 0 Å². The van der Waals surface area contributed by atoms with Crippen molar-refractivity contribution in [3.63, 3.8) is 0 Å². The molecule has 0 spiro atoms. The van der Waals surface area contributed by atoms with Crippen molar-refractivity contribution in [3.05, 3.63) is 11.3 Å². The molecule has 0 unspecified atom stereocenters. The first-order chi connectivity index (χ1) is 7.60. The highest BCUT2D eigenvalue weighted by Gasteiger charge is 2.13. The quantitative estimate of drug-likeness (QED) is 0.802. The largest absolute Gasteiger partial charge is 0.373 e. The minimum Gasteiger partial charge on any atom is -0.373 e. The summed E-state index contributed by atoms with van der Waals surface area (Å²) in [4.78, 5) is 2.36. The van der Waals surface area contributed by atoms with Gasteiger partial charge < -0.3 is 10.2 Å². The van der Waals surface area contributed by atoms with Crippen LogP contribution in [0.2, 0.25) is 0 Å². The molecule has 0 saturated heterocycles. The second-order valence-electron chi connectivity index (χ2n) is 4.38. The molecule has 0 aliphatic rings. The van der Waals surface area contributed by atoms with Gasteiger partial charge >= 0.3 is 0 Å². The summed E-state index contributed by atoms with van der Waals surface area (Å²) in [6, 6.07) is 0. The average Bonchev–Trinajstić information content (AvgIpc) is 2.50. The van der Waals surface area contributed by atoms with Crippen molar-refractivity contribution >= 4 is 5.82 Å². The van der Waals surface area contributed by atoms with Crippen LogP contribution in [0.25, 0.3) is 0 Å². The van der Waals surface area contributed by atoms with Crippen molar-refractivity contribution in [1.82, 2.24) is 14.7 Å². The molecule has 0 saturated carbocycles. The van der Waals surface area contributed by atoms with E-state index in [0.29, 0.717) is 0 Å². The molecule has 0 fully saturated rings. The lowest BCUT2D eigenvalue weighted by Crippen LogP contribution is -2.19. The van der Waals surface area contributed by atoms with Gasteiger partial charge in [-0.2, -0.15) is 5.10 Å². The van der Waals surface area contributed by atoms with Gasteiger partial charge in [-0.05, 0) is 26.9 Å². The predicted molar refractivity (Wildman–Crippen MR) is 68.7 cm³/mol. The SMILES string of the molecule is CCCCN(C)Cc1c(C)nn(C)c1NC. The van der Waals surface area contributed by atoms with E-state index in [4.69, 9.17) is 0 Å². The third-order valence-corrected chi connectivity index (χ3v) is 2.90. The smallest absolute Gasteiger partial charge is 0.128 e. The maximum absolute atomic E-state index is 4.44. The summed E-state index contributed by atoms with van der Waals surface area (Å²) in [5, 5.41) is 7.66. The summed E-state index contributed by atoms with van der Waals surface area (Å²) in [7, 11) is 6.10. The van der Waals surface area contributed by atoms with E-state index in [2.05, 4.69) is 36.2 Å². The number of nitrogens with zero attached hydrogens (tertiary/aromatic N) is 3. The van der Waals surface area contributed by atoms with Crippen LogP contribution in [0.1, 0.15) is 31.0 Å². The fraction of sp³-hybridized carbons (Fsp3) is 0.750. The Kier molecular flexibility index (Phi) is 4.80. The van der Waals surface area contributed by atoms with Gasteiger partial charge in [-0.3, -0.25) is 4.68 Å². The highest BCUT2D eigenvalue weighted by Crippen LogP contribution is 2.19. The number of aryl methyl sites for hydroxylation is 2. The van der Waals surface area contributed by atoms with Crippen LogP contribution in [0.3, 0.4) is 0 Å². The van der Waals surface area contributed by atoms with Crippen LogP contribution in [-0.4, -0.2) is 35.3 Å². The lowest BCUT2D eigenvalue weighted by atomic mass is 10.2. The first kappa shape index (κ1) is 13.0. The molecular formula is C12H24N4. The van der Waals surface area contributed by atoms with E-state index < -0.39 is 0 Å². The Balaban J connectivity index is 2.72. The van der Waals surface area contributed by atoms with E-state index in [0.717, 1.165) is 24.6 Å². The van der Waals surface area contributed by atoms with Gasteiger partial charge in [-0.15, -0.1) is 0 Å². The first-order valence-electron chi connectivity index (χ1n) is 5.98. The molecule has 92 valence electrons. The van der Waals surface area contributed by atoms with E-state index in [-0.39, 0.29) is 0 Å². The molecule has 0 radical (unpaired) electrons. The van der Waals surface area contributed by atoms with Crippen LogP contribution in [-0.2, 0) is 13.6 Å². The number of hydrogen-bond acceptors (Lipinski definition) is 3. The molecule has 0 aromatic carbocycles. The molecular weight excluding hydrogens is 200 g/mol. The van der Waals surface area contributed by atoms with Gasteiger partial charge in [0.1, 0.15) is 5.82 Å².